The van der Waals surface area contributed by atoms with Crippen molar-refractivity contribution in [3.05, 3.63) is 305 Å². The predicted molar refractivity (Wildman–Crippen MR) is 287 cm³/mol. The molecule has 0 bridgehead atoms. The Bertz CT molecular complexity index is 3680. The first-order valence-electron chi connectivity index (χ1n) is 24.5. The second kappa shape index (κ2) is 15.2. The zero-order valence-electron chi connectivity index (χ0n) is 38.6. The molecule has 3 heteroatoms. The topological polar surface area (TPSA) is 21.7 Å². The first kappa shape index (κ1) is 39.8. The highest BCUT2D eigenvalue weighted by Crippen LogP contribution is 2.65. The standard InChI is InChI=1S/C68H43NO2/c1-2-17-44(18-3-1)46-19-16-20-47(41-46)45-33-35-48(36-34-45)69(49-37-39-53-51-21-4-6-23-55(51)67(61(53)42-49)57-25-8-12-29-63(57)70-64-30-13-9-26-58(64)67)50-38-40-54-52-22-5-7-24-56(52)68(62(54)43-50)59-27-10-14-31-65(59)71-66-32-15-11-28-60(66)68/h1-43H. The number of nitrogens with zero attached hydrogens (tertiary/aromatic N) is 1. The molecule has 11 aromatic carbocycles. The second-order valence-corrected chi connectivity index (χ2v) is 19.1. The number of para-hydroxylation sites is 4. The molecular weight excluding hydrogens is 863 g/mol. The molecule has 0 radical (unpaired) electrons. The van der Waals surface area contributed by atoms with E-state index < -0.39 is 10.8 Å². The van der Waals surface area contributed by atoms with E-state index in [0.29, 0.717) is 0 Å². The lowest BCUT2D eigenvalue weighted by molar-refractivity contribution is 0.436. The highest BCUT2D eigenvalue weighted by molar-refractivity contribution is 5.94. The van der Waals surface area contributed by atoms with Crippen molar-refractivity contribution in [2.24, 2.45) is 0 Å². The molecule has 2 spiro atoms. The molecule has 2 heterocycles. The number of rotatable bonds is 5. The zero-order chi connectivity index (χ0) is 46.7. The number of benzene rings is 11. The van der Waals surface area contributed by atoms with E-state index in [1.165, 1.54) is 61.2 Å². The van der Waals surface area contributed by atoms with E-state index in [1.807, 2.05) is 0 Å². The molecule has 2 aliphatic carbocycles. The van der Waals surface area contributed by atoms with Gasteiger partial charge in [-0.2, -0.15) is 0 Å². The molecule has 0 aromatic heterocycles. The van der Waals surface area contributed by atoms with Gasteiger partial charge in [0.15, 0.2) is 0 Å². The van der Waals surface area contributed by atoms with E-state index in [2.05, 4.69) is 266 Å². The van der Waals surface area contributed by atoms with Gasteiger partial charge in [0, 0.05) is 39.3 Å². The van der Waals surface area contributed by atoms with Crippen LogP contribution in [-0.4, -0.2) is 0 Å². The minimum absolute atomic E-state index is 0.619. The fourth-order valence-electron chi connectivity index (χ4n) is 12.7. The summed E-state index contributed by atoms with van der Waals surface area (Å²) in [5, 5.41) is 0. The van der Waals surface area contributed by atoms with Crippen molar-refractivity contribution in [1.82, 2.24) is 0 Å². The molecule has 15 rings (SSSR count). The van der Waals surface area contributed by atoms with Gasteiger partial charge in [-0.25, -0.2) is 0 Å². The summed E-state index contributed by atoms with van der Waals surface area (Å²) in [5.74, 6) is 3.51. The van der Waals surface area contributed by atoms with Gasteiger partial charge in [0.1, 0.15) is 23.0 Å². The Balaban J connectivity index is 0.975. The SMILES string of the molecule is c1ccc(-c2cccc(-c3ccc(N(c4ccc5c(c4)C4(c6ccccc6Oc6ccccc64)c4ccccc4-5)c4ccc5c(c4)C4(c6ccccc6Oc6ccccc64)c4ccccc4-5)cc3)c2)cc1. The molecular formula is C68H43NO2. The molecule has 0 amide bonds. The van der Waals surface area contributed by atoms with Crippen molar-refractivity contribution < 1.29 is 9.47 Å². The van der Waals surface area contributed by atoms with Crippen LogP contribution in [0, 0.1) is 0 Å². The molecule has 0 saturated heterocycles. The smallest absolute Gasteiger partial charge is 0.132 e. The average Bonchev–Trinajstić information content (AvgIpc) is 3.89. The summed E-state index contributed by atoms with van der Waals surface area (Å²) < 4.78 is 13.5. The normalized spacial score (nSPS) is 14.1. The maximum absolute atomic E-state index is 6.75. The van der Waals surface area contributed by atoms with Crippen LogP contribution in [0.1, 0.15) is 44.5 Å². The number of fused-ring (bicyclic) bond motifs is 18. The quantitative estimate of drug-likeness (QED) is 0.172. The van der Waals surface area contributed by atoms with Crippen LogP contribution in [0.25, 0.3) is 44.5 Å². The molecule has 11 aromatic rings. The molecule has 4 aliphatic rings. The predicted octanol–water partition coefficient (Wildman–Crippen LogP) is 17.4. The van der Waals surface area contributed by atoms with Gasteiger partial charge < -0.3 is 14.4 Å². The Morgan fingerprint density at radius 1 is 0.225 bits per heavy atom. The molecule has 0 N–H and O–H groups in total. The van der Waals surface area contributed by atoms with E-state index in [-0.39, 0.29) is 0 Å². The molecule has 2 aliphatic heterocycles. The Hall–Kier alpha value is -9.18. The Morgan fingerprint density at radius 2 is 0.563 bits per heavy atom. The van der Waals surface area contributed by atoms with E-state index in [9.17, 15) is 0 Å². The Labute approximate surface area is 413 Å². The van der Waals surface area contributed by atoms with E-state index >= 15 is 0 Å². The maximum Gasteiger partial charge on any atom is 0.132 e. The fraction of sp³-hybridized carbons (Fsp3) is 0.0294. The van der Waals surface area contributed by atoms with Gasteiger partial charge in [-0.3, -0.25) is 0 Å². The summed E-state index contributed by atoms with van der Waals surface area (Å²) in [4.78, 5) is 2.46. The third-order valence-corrected chi connectivity index (χ3v) is 15.6. The molecule has 332 valence electrons. The number of hydrogen-bond donors (Lipinski definition) is 0. The van der Waals surface area contributed by atoms with E-state index in [1.54, 1.807) is 0 Å². The lowest BCUT2D eigenvalue weighted by Crippen LogP contribution is -2.32. The lowest BCUT2D eigenvalue weighted by atomic mass is 9.66. The maximum atomic E-state index is 6.75. The van der Waals surface area contributed by atoms with Crippen LogP contribution in [0.3, 0.4) is 0 Å². The van der Waals surface area contributed by atoms with Gasteiger partial charge in [-0.05, 0) is 133 Å². The third-order valence-electron chi connectivity index (χ3n) is 15.6. The van der Waals surface area contributed by atoms with Gasteiger partial charge in [0.25, 0.3) is 0 Å². The number of anilines is 3. The van der Waals surface area contributed by atoms with E-state index in [0.717, 1.165) is 67.9 Å². The summed E-state index contributed by atoms with van der Waals surface area (Å²) in [5.41, 5.74) is 21.2. The monoisotopic (exact) mass is 905 g/mol. The summed E-state index contributed by atoms with van der Waals surface area (Å²) in [6.45, 7) is 0. The highest BCUT2D eigenvalue weighted by atomic mass is 16.5. The van der Waals surface area contributed by atoms with Crippen molar-refractivity contribution in [2.75, 3.05) is 4.90 Å². The van der Waals surface area contributed by atoms with Crippen LogP contribution in [0.2, 0.25) is 0 Å². The van der Waals surface area contributed by atoms with Crippen molar-refractivity contribution in [1.29, 1.82) is 0 Å². The summed E-state index contributed by atoms with van der Waals surface area (Å²) in [6, 6.07) is 95.2. The Kier molecular flexibility index (Phi) is 8.49. The van der Waals surface area contributed by atoms with Gasteiger partial charge >= 0.3 is 0 Å². The lowest BCUT2D eigenvalue weighted by Gasteiger charge is -2.40. The second-order valence-electron chi connectivity index (χ2n) is 19.1. The average molecular weight is 906 g/mol. The third kappa shape index (κ3) is 5.54. The molecule has 3 nitrogen and oxygen atoms in total. The first-order valence-corrected chi connectivity index (χ1v) is 24.5. The van der Waals surface area contributed by atoms with Gasteiger partial charge in [-0.1, -0.05) is 194 Å². The van der Waals surface area contributed by atoms with E-state index in [4.69, 9.17) is 9.47 Å². The van der Waals surface area contributed by atoms with Gasteiger partial charge in [-0.15, -0.1) is 0 Å². The summed E-state index contributed by atoms with van der Waals surface area (Å²) in [6.07, 6.45) is 0. The van der Waals surface area contributed by atoms with Crippen molar-refractivity contribution >= 4 is 17.1 Å². The van der Waals surface area contributed by atoms with Crippen LogP contribution in [-0.2, 0) is 10.8 Å². The molecule has 0 fully saturated rings. The highest BCUT2D eigenvalue weighted by Gasteiger charge is 2.53. The van der Waals surface area contributed by atoms with Crippen molar-refractivity contribution in [2.45, 2.75) is 10.8 Å². The van der Waals surface area contributed by atoms with Crippen molar-refractivity contribution in [3.63, 3.8) is 0 Å². The summed E-state index contributed by atoms with van der Waals surface area (Å²) >= 11 is 0. The number of ether oxygens (including phenoxy) is 2. The molecule has 71 heavy (non-hydrogen) atoms. The molecule has 0 saturated carbocycles. The van der Waals surface area contributed by atoms with Gasteiger partial charge in [0.05, 0.1) is 10.8 Å². The summed E-state index contributed by atoms with van der Waals surface area (Å²) in [7, 11) is 0. The van der Waals surface area contributed by atoms with Crippen LogP contribution >= 0.6 is 0 Å². The van der Waals surface area contributed by atoms with Crippen molar-refractivity contribution in [3.8, 4) is 67.5 Å². The Morgan fingerprint density at radius 3 is 1.01 bits per heavy atom. The fourth-order valence-corrected chi connectivity index (χ4v) is 12.7. The number of hydrogen-bond acceptors (Lipinski definition) is 3. The minimum Gasteiger partial charge on any atom is -0.457 e. The largest absolute Gasteiger partial charge is 0.457 e. The minimum atomic E-state index is -0.619. The molecule has 0 atom stereocenters. The zero-order valence-corrected chi connectivity index (χ0v) is 38.6. The molecule has 0 unspecified atom stereocenters. The van der Waals surface area contributed by atoms with Crippen LogP contribution < -0.4 is 14.4 Å². The first-order chi connectivity index (χ1) is 35.2. The van der Waals surface area contributed by atoms with Crippen LogP contribution in [0.5, 0.6) is 23.0 Å². The van der Waals surface area contributed by atoms with Crippen LogP contribution in [0.15, 0.2) is 261 Å². The van der Waals surface area contributed by atoms with Gasteiger partial charge in [0.2, 0.25) is 0 Å². The van der Waals surface area contributed by atoms with Crippen LogP contribution in [0.4, 0.5) is 17.1 Å².